The molecule has 0 unspecified atom stereocenters. The zero-order valence-electron chi connectivity index (χ0n) is 17.1. The van der Waals surface area contributed by atoms with Gasteiger partial charge in [0, 0.05) is 49.5 Å². The van der Waals surface area contributed by atoms with Gasteiger partial charge in [-0.15, -0.1) is 0 Å². The Hall–Kier alpha value is -3.55. The molecule has 0 bridgehead atoms. The van der Waals surface area contributed by atoms with Gasteiger partial charge in [-0.1, -0.05) is 31.1 Å². The van der Waals surface area contributed by atoms with E-state index in [9.17, 15) is 9.59 Å². The van der Waals surface area contributed by atoms with Crippen LogP contribution in [0.4, 0.5) is 5.69 Å². The molecule has 30 heavy (non-hydrogen) atoms. The molecule has 0 fully saturated rings. The molecule has 0 aliphatic heterocycles. The molecule has 8 heteroatoms. The number of aryl methyl sites for hydroxylation is 1. The maximum Gasteiger partial charge on any atom is 0.227 e. The minimum Gasteiger partial charge on any atom is -0.352 e. The molecule has 0 radical (unpaired) electrons. The van der Waals surface area contributed by atoms with Crippen molar-refractivity contribution in [1.82, 2.24) is 20.4 Å². The summed E-state index contributed by atoms with van der Waals surface area (Å²) in [5, 5.41) is 9.68. The lowest BCUT2D eigenvalue weighted by Crippen LogP contribution is -2.23. The van der Waals surface area contributed by atoms with Gasteiger partial charge in [-0.2, -0.15) is 4.98 Å². The molecular weight excluding hydrogens is 382 g/mol. The summed E-state index contributed by atoms with van der Waals surface area (Å²) in [4.78, 5) is 32.3. The van der Waals surface area contributed by atoms with Gasteiger partial charge in [0.15, 0.2) is 0 Å². The van der Waals surface area contributed by atoms with E-state index in [1.807, 2.05) is 38.1 Å². The Morgan fingerprint density at radius 3 is 2.67 bits per heavy atom. The van der Waals surface area contributed by atoms with Crippen molar-refractivity contribution in [3.8, 4) is 11.4 Å². The van der Waals surface area contributed by atoms with Gasteiger partial charge in [0.2, 0.25) is 23.5 Å². The van der Waals surface area contributed by atoms with Crippen LogP contribution < -0.4 is 10.6 Å². The Kier molecular flexibility index (Phi) is 7.26. The summed E-state index contributed by atoms with van der Waals surface area (Å²) in [7, 11) is 0. The van der Waals surface area contributed by atoms with Gasteiger partial charge in [0.1, 0.15) is 0 Å². The van der Waals surface area contributed by atoms with Crippen LogP contribution in [-0.4, -0.2) is 26.9 Å². The average molecular weight is 407 g/mol. The summed E-state index contributed by atoms with van der Waals surface area (Å²) in [5.41, 5.74) is 2.44. The van der Waals surface area contributed by atoms with E-state index in [0.29, 0.717) is 37.0 Å². The number of aromatic nitrogens is 3. The third-order valence-corrected chi connectivity index (χ3v) is 4.27. The molecule has 8 nitrogen and oxygen atoms in total. The zero-order chi connectivity index (χ0) is 21.3. The summed E-state index contributed by atoms with van der Waals surface area (Å²) in [6, 6.07) is 11.0. The van der Waals surface area contributed by atoms with E-state index in [4.69, 9.17) is 4.52 Å². The molecule has 2 amide bonds. The molecule has 0 saturated carbocycles. The van der Waals surface area contributed by atoms with Crippen molar-refractivity contribution in [3.05, 3.63) is 60.2 Å². The van der Waals surface area contributed by atoms with Crippen molar-refractivity contribution in [1.29, 1.82) is 0 Å². The van der Waals surface area contributed by atoms with Crippen LogP contribution >= 0.6 is 0 Å². The number of anilines is 1. The molecule has 0 saturated heterocycles. The van der Waals surface area contributed by atoms with Gasteiger partial charge in [0.05, 0.1) is 0 Å². The van der Waals surface area contributed by atoms with Crippen molar-refractivity contribution >= 4 is 17.5 Å². The van der Waals surface area contributed by atoms with Crippen LogP contribution in [0.25, 0.3) is 11.4 Å². The zero-order valence-corrected chi connectivity index (χ0v) is 17.1. The van der Waals surface area contributed by atoms with Crippen LogP contribution in [0, 0.1) is 5.92 Å². The van der Waals surface area contributed by atoms with Gasteiger partial charge in [0.25, 0.3) is 0 Å². The number of nitrogens with one attached hydrogen (secondary N) is 2. The molecular formula is C22H25N5O3. The molecule has 3 aromatic rings. The molecule has 1 aromatic carbocycles. The first-order valence-corrected chi connectivity index (χ1v) is 9.88. The van der Waals surface area contributed by atoms with Crippen LogP contribution in [0.1, 0.15) is 38.1 Å². The van der Waals surface area contributed by atoms with E-state index < -0.39 is 0 Å². The molecule has 0 spiro atoms. The SMILES string of the molecule is CC(C)CC(=O)Nc1cccc(CNC(=O)CCc2nc(-c3ccncc3)no2)c1. The topological polar surface area (TPSA) is 110 Å². The number of carbonyl (C=O) groups excluding carboxylic acids is 2. The molecule has 2 heterocycles. The maximum atomic E-state index is 12.2. The third-order valence-electron chi connectivity index (χ3n) is 4.27. The number of pyridine rings is 1. The summed E-state index contributed by atoms with van der Waals surface area (Å²) in [6.45, 7) is 4.37. The standard InChI is InChI=1S/C22H25N5O3/c1-15(2)12-20(29)25-18-5-3-4-16(13-18)14-24-19(28)6-7-21-26-22(27-30-21)17-8-10-23-11-9-17/h3-5,8-11,13,15H,6-7,12,14H2,1-2H3,(H,24,28)(H,25,29). The first-order valence-electron chi connectivity index (χ1n) is 9.88. The monoisotopic (exact) mass is 407 g/mol. The number of rotatable bonds is 9. The van der Waals surface area contributed by atoms with Crippen molar-refractivity contribution in [2.75, 3.05) is 5.32 Å². The Balaban J connectivity index is 1.45. The highest BCUT2D eigenvalue weighted by Gasteiger charge is 2.11. The Morgan fingerprint density at radius 1 is 1.10 bits per heavy atom. The number of benzene rings is 1. The third kappa shape index (κ3) is 6.51. The maximum absolute atomic E-state index is 12.2. The van der Waals surface area contributed by atoms with Crippen LogP contribution in [0.3, 0.4) is 0 Å². The number of hydrogen-bond donors (Lipinski definition) is 2. The molecule has 0 aliphatic rings. The molecule has 0 atom stereocenters. The molecule has 3 rings (SSSR count). The first kappa shape index (κ1) is 21.2. The lowest BCUT2D eigenvalue weighted by atomic mass is 10.1. The normalized spacial score (nSPS) is 10.8. The minimum atomic E-state index is -0.118. The van der Waals surface area contributed by atoms with E-state index in [0.717, 1.165) is 16.8 Å². The summed E-state index contributed by atoms with van der Waals surface area (Å²) >= 11 is 0. The van der Waals surface area contributed by atoms with Gasteiger partial charge >= 0.3 is 0 Å². The van der Waals surface area contributed by atoms with Crippen molar-refractivity contribution in [2.24, 2.45) is 5.92 Å². The second kappa shape index (κ2) is 10.3. The highest BCUT2D eigenvalue weighted by Crippen LogP contribution is 2.15. The van der Waals surface area contributed by atoms with E-state index in [-0.39, 0.29) is 18.2 Å². The Bertz CT molecular complexity index is 985. The lowest BCUT2D eigenvalue weighted by molar-refractivity contribution is -0.121. The number of amides is 2. The van der Waals surface area contributed by atoms with Crippen LogP contribution in [0.2, 0.25) is 0 Å². The number of nitrogens with zero attached hydrogens (tertiary/aromatic N) is 3. The molecule has 156 valence electrons. The minimum absolute atomic E-state index is 0.0168. The Morgan fingerprint density at radius 2 is 1.90 bits per heavy atom. The van der Waals surface area contributed by atoms with Gasteiger partial charge in [-0.3, -0.25) is 14.6 Å². The fraction of sp³-hybridized carbons (Fsp3) is 0.318. The van der Waals surface area contributed by atoms with Crippen LogP contribution in [0.5, 0.6) is 0 Å². The molecule has 2 N–H and O–H groups in total. The van der Waals surface area contributed by atoms with Crippen molar-refractivity contribution in [3.63, 3.8) is 0 Å². The van der Waals surface area contributed by atoms with E-state index >= 15 is 0 Å². The van der Waals surface area contributed by atoms with E-state index in [1.165, 1.54) is 0 Å². The second-order valence-electron chi connectivity index (χ2n) is 7.37. The number of hydrogen-bond acceptors (Lipinski definition) is 6. The summed E-state index contributed by atoms with van der Waals surface area (Å²) in [5.74, 6) is 1.05. The second-order valence-corrected chi connectivity index (χ2v) is 7.37. The van der Waals surface area contributed by atoms with E-state index in [2.05, 4.69) is 25.8 Å². The van der Waals surface area contributed by atoms with Crippen molar-refractivity contribution < 1.29 is 14.1 Å². The predicted octanol–water partition coefficient (Wildman–Crippen LogP) is 3.37. The first-order chi connectivity index (χ1) is 14.5. The highest BCUT2D eigenvalue weighted by atomic mass is 16.5. The van der Waals surface area contributed by atoms with E-state index in [1.54, 1.807) is 24.5 Å². The van der Waals surface area contributed by atoms with Gasteiger partial charge in [-0.25, -0.2) is 0 Å². The van der Waals surface area contributed by atoms with Crippen molar-refractivity contribution in [2.45, 2.75) is 39.7 Å². The largest absolute Gasteiger partial charge is 0.352 e. The Labute approximate surface area is 175 Å². The summed E-state index contributed by atoms with van der Waals surface area (Å²) in [6.07, 6.45) is 4.38. The predicted molar refractivity (Wildman–Crippen MR) is 112 cm³/mol. The lowest BCUT2D eigenvalue weighted by Gasteiger charge is -2.09. The average Bonchev–Trinajstić information content (AvgIpc) is 3.20. The fourth-order valence-electron chi connectivity index (χ4n) is 2.83. The highest BCUT2D eigenvalue weighted by molar-refractivity contribution is 5.90. The summed E-state index contributed by atoms with van der Waals surface area (Å²) < 4.78 is 5.21. The molecule has 2 aromatic heterocycles. The van der Waals surface area contributed by atoms with Gasteiger partial charge in [-0.05, 0) is 35.7 Å². The smallest absolute Gasteiger partial charge is 0.227 e. The quantitative estimate of drug-likeness (QED) is 0.563. The van der Waals surface area contributed by atoms with Gasteiger partial charge < -0.3 is 15.2 Å². The number of carbonyl (C=O) groups is 2. The van der Waals surface area contributed by atoms with Crippen LogP contribution in [0.15, 0.2) is 53.3 Å². The van der Waals surface area contributed by atoms with Crippen LogP contribution in [-0.2, 0) is 22.6 Å². The molecule has 0 aliphatic carbocycles. The fourth-order valence-corrected chi connectivity index (χ4v) is 2.83.